The van der Waals surface area contributed by atoms with Gasteiger partial charge in [-0.15, -0.1) is 0 Å². The van der Waals surface area contributed by atoms with Crippen LogP contribution in [0, 0.1) is 11.8 Å². The highest BCUT2D eigenvalue weighted by molar-refractivity contribution is 5.73. The van der Waals surface area contributed by atoms with E-state index in [4.69, 9.17) is 5.11 Å². The van der Waals surface area contributed by atoms with Gasteiger partial charge in [0.2, 0.25) is 0 Å². The van der Waals surface area contributed by atoms with Gasteiger partial charge in [0.25, 0.3) is 0 Å². The number of carboxylic acids is 1. The summed E-state index contributed by atoms with van der Waals surface area (Å²) < 4.78 is 0. The second-order valence-corrected chi connectivity index (χ2v) is 4.60. The van der Waals surface area contributed by atoms with Crippen molar-refractivity contribution in [2.45, 2.75) is 45.6 Å². The molecule has 3 nitrogen and oxygen atoms in total. The number of carbonyl (C=O) groups is 1. The van der Waals surface area contributed by atoms with E-state index in [9.17, 15) is 4.79 Å². The molecule has 14 heavy (non-hydrogen) atoms. The predicted molar refractivity (Wildman–Crippen MR) is 56.2 cm³/mol. The van der Waals surface area contributed by atoms with E-state index in [-0.39, 0.29) is 12.0 Å². The van der Waals surface area contributed by atoms with Crippen molar-refractivity contribution in [2.75, 3.05) is 6.54 Å². The molecule has 0 aliphatic heterocycles. The van der Waals surface area contributed by atoms with Crippen LogP contribution in [0.4, 0.5) is 0 Å². The first kappa shape index (κ1) is 11.5. The Bertz CT molecular complexity index is 188. The lowest BCUT2D eigenvalue weighted by Gasteiger charge is -2.26. The Morgan fingerprint density at radius 3 is 2.50 bits per heavy atom. The number of rotatable bonds is 6. The van der Waals surface area contributed by atoms with Gasteiger partial charge >= 0.3 is 5.97 Å². The summed E-state index contributed by atoms with van der Waals surface area (Å²) in [5.74, 6) is 0.284. The molecule has 1 saturated carbocycles. The Morgan fingerprint density at radius 1 is 1.50 bits per heavy atom. The van der Waals surface area contributed by atoms with E-state index in [1.165, 1.54) is 19.3 Å². The van der Waals surface area contributed by atoms with E-state index < -0.39 is 5.97 Å². The summed E-state index contributed by atoms with van der Waals surface area (Å²) in [5.41, 5.74) is 0. The van der Waals surface area contributed by atoms with E-state index in [0.29, 0.717) is 0 Å². The van der Waals surface area contributed by atoms with Gasteiger partial charge in [0, 0.05) is 0 Å². The molecule has 1 rings (SSSR count). The fraction of sp³-hybridized carbons (Fsp3) is 0.909. The van der Waals surface area contributed by atoms with Crippen LogP contribution in [-0.2, 0) is 4.79 Å². The molecule has 3 heteroatoms. The molecule has 1 fully saturated rings. The molecule has 1 aliphatic carbocycles. The molecule has 0 radical (unpaired) electrons. The number of nitrogens with one attached hydrogen (secondary N) is 1. The molecule has 0 aromatic carbocycles. The molecule has 0 aromatic rings. The van der Waals surface area contributed by atoms with Gasteiger partial charge in [-0.25, -0.2) is 0 Å². The average Bonchev–Trinajstić information content (AvgIpc) is 1.99. The summed E-state index contributed by atoms with van der Waals surface area (Å²) in [6, 6.07) is -0.380. The average molecular weight is 199 g/mol. The SMILES string of the molecule is CC(C)C(NCCC1CCC1)C(=O)O. The Kier molecular flexibility index (Phi) is 4.39. The van der Waals surface area contributed by atoms with E-state index in [0.717, 1.165) is 18.9 Å². The molecule has 0 amide bonds. The van der Waals surface area contributed by atoms with Gasteiger partial charge in [0.1, 0.15) is 6.04 Å². The molecular weight excluding hydrogens is 178 g/mol. The molecule has 0 spiro atoms. The molecule has 0 saturated heterocycles. The van der Waals surface area contributed by atoms with Crippen LogP contribution >= 0.6 is 0 Å². The van der Waals surface area contributed by atoms with Crippen molar-refractivity contribution in [1.82, 2.24) is 5.32 Å². The van der Waals surface area contributed by atoms with Gasteiger partial charge in [-0.3, -0.25) is 4.79 Å². The standard InChI is InChI=1S/C11H21NO2/c1-8(2)10(11(13)14)12-7-6-9-4-3-5-9/h8-10,12H,3-7H2,1-2H3,(H,13,14). The maximum Gasteiger partial charge on any atom is 0.320 e. The fourth-order valence-electron chi connectivity index (χ4n) is 1.83. The van der Waals surface area contributed by atoms with Gasteiger partial charge < -0.3 is 10.4 Å². The minimum Gasteiger partial charge on any atom is -0.480 e. The monoisotopic (exact) mass is 199 g/mol. The third-order valence-electron chi connectivity index (χ3n) is 3.07. The van der Waals surface area contributed by atoms with Crippen molar-refractivity contribution in [1.29, 1.82) is 0 Å². The highest BCUT2D eigenvalue weighted by Crippen LogP contribution is 2.28. The quantitative estimate of drug-likeness (QED) is 0.686. The molecule has 0 bridgehead atoms. The zero-order valence-electron chi connectivity index (χ0n) is 9.12. The normalized spacial score (nSPS) is 19.4. The summed E-state index contributed by atoms with van der Waals surface area (Å²) in [4.78, 5) is 10.8. The number of hydrogen-bond donors (Lipinski definition) is 2. The minimum absolute atomic E-state index is 0.161. The third kappa shape index (κ3) is 3.29. The molecule has 1 aliphatic rings. The maximum atomic E-state index is 10.8. The summed E-state index contributed by atoms with van der Waals surface area (Å²) >= 11 is 0. The van der Waals surface area contributed by atoms with E-state index >= 15 is 0 Å². The van der Waals surface area contributed by atoms with Crippen LogP contribution < -0.4 is 5.32 Å². The van der Waals surface area contributed by atoms with Crippen molar-refractivity contribution in [2.24, 2.45) is 11.8 Å². The maximum absolute atomic E-state index is 10.8. The second kappa shape index (κ2) is 5.35. The van der Waals surface area contributed by atoms with Crippen molar-refractivity contribution in [3.8, 4) is 0 Å². The molecule has 1 unspecified atom stereocenters. The van der Waals surface area contributed by atoms with Crippen LogP contribution in [0.2, 0.25) is 0 Å². The topological polar surface area (TPSA) is 49.3 Å². The molecule has 1 atom stereocenters. The molecule has 0 heterocycles. The van der Waals surface area contributed by atoms with Crippen molar-refractivity contribution in [3.63, 3.8) is 0 Å². The third-order valence-corrected chi connectivity index (χ3v) is 3.07. The fourth-order valence-corrected chi connectivity index (χ4v) is 1.83. The largest absolute Gasteiger partial charge is 0.480 e. The number of hydrogen-bond acceptors (Lipinski definition) is 2. The van der Waals surface area contributed by atoms with Gasteiger partial charge in [0.15, 0.2) is 0 Å². The van der Waals surface area contributed by atoms with Crippen LogP contribution in [-0.4, -0.2) is 23.7 Å². The Labute approximate surface area is 85.9 Å². The summed E-state index contributed by atoms with van der Waals surface area (Å²) in [6.07, 6.45) is 5.16. The second-order valence-electron chi connectivity index (χ2n) is 4.60. The summed E-state index contributed by atoms with van der Waals surface area (Å²) in [7, 11) is 0. The predicted octanol–water partition coefficient (Wildman–Crippen LogP) is 1.88. The van der Waals surface area contributed by atoms with E-state index in [1.807, 2.05) is 13.8 Å². The first-order valence-corrected chi connectivity index (χ1v) is 5.57. The van der Waals surface area contributed by atoms with Gasteiger partial charge in [-0.1, -0.05) is 33.1 Å². The van der Waals surface area contributed by atoms with Crippen LogP contribution in [0.25, 0.3) is 0 Å². The van der Waals surface area contributed by atoms with Gasteiger partial charge in [-0.05, 0) is 24.8 Å². The highest BCUT2D eigenvalue weighted by atomic mass is 16.4. The van der Waals surface area contributed by atoms with Crippen molar-refractivity contribution in [3.05, 3.63) is 0 Å². The Balaban J connectivity index is 2.15. The smallest absolute Gasteiger partial charge is 0.320 e. The van der Waals surface area contributed by atoms with Crippen molar-refractivity contribution < 1.29 is 9.90 Å². The first-order valence-electron chi connectivity index (χ1n) is 5.57. The van der Waals surface area contributed by atoms with Crippen molar-refractivity contribution >= 4 is 5.97 Å². The lowest BCUT2D eigenvalue weighted by Crippen LogP contribution is -2.41. The summed E-state index contributed by atoms with van der Waals surface area (Å²) in [6.45, 7) is 4.73. The summed E-state index contributed by atoms with van der Waals surface area (Å²) in [5, 5.41) is 12.0. The Morgan fingerprint density at radius 2 is 2.14 bits per heavy atom. The van der Waals surface area contributed by atoms with Gasteiger partial charge in [0.05, 0.1) is 0 Å². The highest BCUT2D eigenvalue weighted by Gasteiger charge is 2.22. The zero-order valence-corrected chi connectivity index (χ0v) is 9.12. The zero-order chi connectivity index (χ0) is 10.6. The van der Waals surface area contributed by atoms with Crippen LogP contribution in [0.5, 0.6) is 0 Å². The van der Waals surface area contributed by atoms with Crippen LogP contribution in [0.1, 0.15) is 39.5 Å². The molecule has 0 aromatic heterocycles. The number of aliphatic carboxylic acids is 1. The minimum atomic E-state index is -0.728. The van der Waals surface area contributed by atoms with Crippen LogP contribution in [0.15, 0.2) is 0 Å². The lowest BCUT2D eigenvalue weighted by atomic mass is 9.83. The van der Waals surface area contributed by atoms with Crippen LogP contribution in [0.3, 0.4) is 0 Å². The molecule has 2 N–H and O–H groups in total. The molecular formula is C11H21NO2. The Hall–Kier alpha value is -0.570. The van der Waals surface area contributed by atoms with E-state index in [2.05, 4.69) is 5.32 Å². The lowest BCUT2D eigenvalue weighted by molar-refractivity contribution is -0.140. The van der Waals surface area contributed by atoms with E-state index in [1.54, 1.807) is 0 Å². The number of carboxylic acid groups (broad SMARTS) is 1. The molecule has 82 valence electrons. The first-order chi connectivity index (χ1) is 6.61. The van der Waals surface area contributed by atoms with Gasteiger partial charge in [-0.2, -0.15) is 0 Å².